The molecule has 28 heavy (non-hydrogen) atoms. The van der Waals surface area contributed by atoms with Crippen LogP contribution < -0.4 is 0 Å². The summed E-state index contributed by atoms with van der Waals surface area (Å²) in [7, 11) is 0.728. The number of hydrogen-bond donors (Lipinski definition) is 2. The minimum absolute atomic E-state index is 0.0417. The van der Waals surface area contributed by atoms with Gasteiger partial charge in [-0.05, 0) is 12.5 Å². The second-order valence-electron chi connectivity index (χ2n) is 5.04. The van der Waals surface area contributed by atoms with Crippen LogP contribution in [0, 0.1) is 3.14 Å². The molecule has 2 heterocycles. The van der Waals surface area contributed by atoms with E-state index in [-0.39, 0.29) is 19.6 Å². The second kappa shape index (κ2) is 9.93. The Kier molecular flexibility index (Phi) is 8.77. The largest absolute Gasteiger partial charge is 0.477 e. The topological polar surface area (TPSA) is 127 Å². The van der Waals surface area contributed by atoms with Gasteiger partial charge in [-0.2, -0.15) is 10.0 Å². The smallest absolute Gasteiger partial charge is 0.349 e. The molecule has 0 amide bonds. The zero-order valence-corrected chi connectivity index (χ0v) is 19.7. The molecule has 0 bridgehead atoms. The van der Waals surface area contributed by atoms with E-state index >= 15 is 0 Å². The Morgan fingerprint density at radius 3 is 1.61 bits per heavy atom. The Labute approximate surface area is 183 Å². The number of ether oxygens (including phenoxy) is 2. The number of carboxylic acid groups (broad SMARTS) is 2. The lowest BCUT2D eigenvalue weighted by Gasteiger charge is -2.25. The monoisotopic (exact) mass is 502 g/mol. The number of carbonyl (C=O) groups is 4. The summed E-state index contributed by atoms with van der Waals surface area (Å²) in [6.45, 7) is 0. The molecule has 2 rings (SSSR count). The Bertz CT molecular complexity index is 901. The number of hydrogen-bond acceptors (Lipinski definition) is 11. The van der Waals surface area contributed by atoms with Gasteiger partial charge in [0, 0.05) is 0 Å². The minimum atomic E-state index is -1.77. The van der Waals surface area contributed by atoms with E-state index in [0.29, 0.717) is 6.67 Å². The molecule has 0 unspecified atom stereocenters. The number of thioether (sulfide) groups is 1. The third kappa shape index (κ3) is 5.39. The fourth-order valence-electron chi connectivity index (χ4n) is 1.74. The summed E-state index contributed by atoms with van der Waals surface area (Å²) in [4.78, 5) is 44.3. The standard InChI is InChI=1S/C7H6O4S3.C7H8O4S3/c1-10-5(8)3-4(6(9)11-2)14-7(12)13-3;1-14(2)4(6(10)11)3(5(8)9)13-7(14)12/h1-2H3;1-2H3,(H,8,9)(H,10,11). The van der Waals surface area contributed by atoms with Crippen LogP contribution in [-0.2, 0) is 19.1 Å². The van der Waals surface area contributed by atoms with E-state index in [9.17, 15) is 19.2 Å². The van der Waals surface area contributed by atoms with Crippen LogP contribution in [0.15, 0.2) is 9.81 Å². The van der Waals surface area contributed by atoms with Crippen molar-refractivity contribution in [2.45, 2.75) is 0 Å². The fourth-order valence-corrected chi connectivity index (χ4v) is 8.35. The number of carbonyl (C=O) groups excluding carboxylic acids is 2. The third-order valence-electron chi connectivity index (χ3n) is 3.03. The maximum absolute atomic E-state index is 11.2. The Morgan fingerprint density at radius 2 is 1.32 bits per heavy atom. The van der Waals surface area contributed by atoms with E-state index in [2.05, 4.69) is 9.47 Å². The molecule has 0 aliphatic carbocycles. The number of aliphatic carboxylic acids is 2. The highest BCUT2D eigenvalue weighted by atomic mass is 32.3. The molecule has 154 valence electrons. The minimum Gasteiger partial charge on any atom is -0.477 e. The summed E-state index contributed by atoms with van der Waals surface area (Å²) < 4.78 is 9.97. The van der Waals surface area contributed by atoms with Gasteiger partial charge >= 0.3 is 23.9 Å². The fraction of sp³-hybridized carbons (Fsp3) is 0.286. The van der Waals surface area contributed by atoms with Gasteiger partial charge in [-0.25, -0.2) is 19.2 Å². The summed E-state index contributed by atoms with van der Waals surface area (Å²) >= 11 is 12.8. The molecular weight excluding hydrogens is 489 g/mol. The van der Waals surface area contributed by atoms with Crippen molar-refractivity contribution in [3.8, 4) is 0 Å². The van der Waals surface area contributed by atoms with Gasteiger partial charge in [-0.3, -0.25) is 0 Å². The predicted octanol–water partition coefficient (Wildman–Crippen LogP) is 3.58. The second-order valence-corrected chi connectivity index (χ2v) is 13.9. The average Bonchev–Trinajstić information content (AvgIpc) is 3.11. The normalized spacial score (nSPS) is 15.9. The molecule has 1 aliphatic rings. The zero-order valence-electron chi connectivity index (χ0n) is 14.8. The van der Waals surface area contributed by atoms with Crippen molar-refractivity contribution in [2.75, 3.05) is 26.7 Å². The molecule has 0 aromatic carbocycles. The summed E-state index contributed by atoms with van der Waals surface area (Å²) in [6, 6.07) is 0. The van der Waals surface area contributed by atoms with E-state index in [1.165, 1.54) is 14.2 Å². The molecule has 0 spiro atoms. The van der Waals surface area contributed by atoms with Crippen molar-refractivity contribution in [3.63, 3.8) is 0 Å². The molecule has 0 radical (unpaired) electrons. The lowest BCUT2D eigenvalue weighted by atomic mass is 10.4. The van der Waals surface area contributed by atoms with Crippen molar-refractivity contribution < 1.29 is 38.9 Å². The van der Waals surface area contributed by atoms with Gasteiger partial charge < -0.3 is 19.7 Å². The first kappa shape index (κ1) is 24.7. The molecule has 8 nitrogen and oxygen atoms in total. The lowest BCUT2D eigenvalue weighted by molar-refractivity contribution is -0.134. The Balaban J connectivity index is 0.000000280. The molecule has 2 N–H and O–H groups in total. The highest BCUT2D eigenvalue weighted by Crippen LogP contribution is 2.62. The van der Waals surface area contributed by atoms with Crippen LogP contribution in [0.25, 0.3) is 0 Å². The first-order chi connectivity index (χ1) is 12.9. The highest BCUT2D eigenvalue weighted by molar-refractivity contribution is 8.67. The molecule has 0 atom stereocenters. The summed E-state index contributed by atoms with van der Waals surface area (Å²) in [5.41, 5.74) is 0. The number of rotatable bonds is 4. The van der Waals surface area contributed by atoms with Crippen molar-refractivity contribution in [1.29, 1.82) is 0 Å². The third-order valence-corrected chi connectivity index (χ3v) is 11.7. The maximum Gasteiger partial charge on any atom is 0.349 e. The number of methoxy groups -OCH3 is 2. The molecule has 0 fully saturated rings. The SMILES string of the molecule is COC(=O)c1sc(=S)sc1C(=O)OC.CS1(C)C(=S)SC(C(=O)O)=C1C(=O)O. The van der Waals surface area contributed by atoms with E-state index in [1.54, 1.807) is 12.5 Å². The van der Waals surface area contributed by atoms with Gasteiger partial charge in [0.2, 0.25) is 0 Å². The predicted molar refractivity (Wildman–Crippen MR) is 118 cm³/mol. The van der Waals surface area contributed by atoms with Crippen LogP contribution >= 0.6 is 68.9 Å². The van der Waals surface area contributed by atoms with Crippen molar-refractivity contribution in [3.05, 3.63) is 22.7 Å². The number of thiocarbonyl (C=S) groups is 1. The van der Waals surface area contributed by atoms with Gasteiger partial charge in [0.15, 0.2) is 0 Å². The van der Waals surface area contributed by atoms with Crippen LogP contribution in [-0.4, -0.2) is 64.4 Å². The van der Waals surface area contributed by atoms with E-state index in [4.69, 9.17) is 34.6 Å². The zero-order chi connectivity index (χ0) is 21.8. The molecular formula is C14H14O8S6. The summed E-state index contributed by atoms with van der Waals surface area (Å²) in [5, 5.41) is 17.7. The van der Waals surface area contributed by atoms with Crippen LogP contribution in [0.4, 0.5) is 0 Å². The molecule has 0 saturated carbocycles. The highest BCUT2D eigenvalue weighted by Gasteiger charge is 2.41. The summed E-state index contributed by atoms with van der Waals surface area (Å²) in [6.07, 6.45) is 3.39. The molecule has 0 saturated heterocycles. The Hall–Kier alpha value is -1.32. The van der Waals surface area contributed by atoms with Crippen molar-refractivity contribution in [1.82, 2.24) is 0 Å². The lowest BCUT2D eigenvalue weighted by Crippen LogP contribution is -2.11. The van der Waals surface area contributed by atoms with Crippen LogP contribution in [0.3, 0.4) is 0 Å². The van der Waals surface area contributed by atoms with Gasteiger partial charge in [0.05, 0.1) is 17.7 Å². The summed E-state index contributed by atoms with van der Waals surface area (Å²) in [5.74, 6) is -3.53. The van der Waals surface area contributed by atoms with Gasteiger partial charge in [0.25, 0.3) is 0 Å². The Morgan fingerprint density at radius 1 is 0.893 bits per heavy atom. The molecule has 1 aromatic rings. The maximum atomic E-state index is 11.2. The quantitative estimate of drug-likeness (QED) is 0.356. The van der Waals surface area contributed by atoms with Gasteiger partial charge in [-0.1, -0.05) is 36.2 Å². The van der Waals surface area contributed by atoms with Crippen LogP contribution in [0.1, 0.15) is 19.3 Å². The molecule has 14 heteroatoms. The number of esters is 2. The van der Waals surface area contributed by atoms with Crippen LogP contribution in [0.5, 0.6) is 0 Å². The first-order valence-electron chi connectivity index (χ1n) is 6.85. The molecule has 1 aromatic heterocycles. The van der Waals surface area contributed by atoms with Gasteiger partial charge in [-0.15, -0.1) is 22.7 Å². The van der Waals surface area contributed by atoms with Gasteiger partial charge in [0.1, 0.15) is 22.7 Å². The average molecular weight is 503 g/mol. The van der Waals surface area contributed by atoms with Crippen molar-refractivity contribution in [2.24, 2.45) is 0 Å². The first-order valence-corrected chi connectivity index (χ1v) is 12.6. The van der Waals surface area contributed by atoms with Crippen LogP contribution in [0.2, 0.25) is 0 Å². The van der Waals surface area contributed by atoms with E-state index in [0.717, 1.165) is 34.4 Å². The van der Waals surface area contributed by atoms with E-state index < -0.39 is 33.9 Å². The molecule has 1 aliphatic heterocycles. The van der Waals surface area contributed by atoms with E-state index in [1.807, 2.05) is 0 Å². The number of carboxylic acids is 2. The van der Waals surface area contributed by atoms with Crippen molar-refractivity contribution >= 4 is 96.3 Å².